The lowest BCUT2D eigenvalue weighted by Gasteiger charge is -2.34. The molecule has 0 radical (unpaired) electrons. The van der Waals surface area contributed by atoms with Gasteiger partial charge in [-0.15, -0.1) is 0 Å². The zero-order valence-electron chi connectivity index (χ0n) is 17.3. The fourth-order valence-corrected chi connectivity index (χ4v) is 3.60. The van der Waals surface area contributed by atoms with Crippen LogP contribution in [-0.4, -0.2) is 64.8 Å². The van der Waals surface area contributed by atoms with E-state index in [9.17, 15) is 9.59 Å². The van der Waals surface area contributed by atoms with Gasteiger partial charge in [0.15, 0.2) is 5.65 Å². The first-order valence-corrected chi connectivity index (χ1v) is 9.88. The van der Waals surface area contributed by atoms with E-state index in [0.29, 0.717) is 35.1 Å². The molecule has 10 heteroatoms. The van der Waals surface area contributed by atoms with Gasteiger partial charge in [0.05, 0.1) is 19.0 Å². The highest BCUT2D eigenvalue weighted by molar-refractivity contribution is 5.73. The Kier molecular flexibility index (Phi) is 5.40. The summed E-state index contributed by atoms with van der Waals surface area (Å²) < 4.78 is 6.92. The van der Waals surface area contributed by atoms with Crippen LogP contribution in [0.5, 0.6) is 5.75 Å². The Morgan fingerprint density at radius 2 is 1.97 bits per heavy atom. The molecular weight excluding hydrogens is 386 g/mol. The van der Waals surface area contributed by atoms with E-state index in [1.54, 1.807) is 14.0 Å². The Morgan fingerprint density at radius 1 is 1.20 bits per heavy atom. The highest BCUT2D eigenvalue weighted by Gasteiger charge is 2.16. The van der Waals surface area contributed by atoms with Gasteiger partial charge in [-0.2, -0.15) is 4.98 Å². The van der Waals surface area contributed by atoms with Crippen molar-refractivity contribution in [3.05, 3.63) is 45.1 Å². The number of hydrogen-bond donors (Lipinski definition) is 2. The monoisotopic (exact) mass is 411 g/mol. The molecule has 1 aromatic carbocycles. The molecule has 4 rings (SSSR count). The number of H-pyrrole nitrogens is 1. The number of likely N-dealkylation sites (N-methyl/N-ethyl adjacent to an activating group) is 1. The van der Waals surface area contributed by atoms with Gasteiger partial charge in [-0.1, -0.05) is 0 Å². The highest BCUT2D eigenvalue weighted by atomic mass is 16.5. The maximum absolute atomic E-state index is 12.0. The van der Waals surface area contributed by atoms with E-state index in [2.05, 4.69) is 37.1 Å². The van der Waals surface area contributed by atoms with Gasteiger partial charge in [0, 0.05) is 44.5 Å². The Hall–Kier alpha value is -3.40. The van der Waals surface area contributed by atoms with Crippen LogP contribution in [0.2, 0.25) is 0 Å². The van der Waals surface area contributed by atoms with E-state index in [1.165, 1.54) is 10.8 Å². The molecule has 1 aliphatic heterocycles. The standard InChI is InChI=1S/C20H25N7O3/c1-4-27-15-12-21-20(24-17(15)23-18(28)19(27)29)22-14-6-5-13(11-16(14)30-3)26-9-7-25(2)8-10-26/h5-6,11-12H,4,7-10H2,1-3H3,(H2,21,22,23,24,28). The van der Waals surface area contributed by atoms with Gasteiger partial charge in [0.2, 0.25) is 5.95 Å². The van der Waals surface area contributed by atoms with Gasteiger partial charge < -0.3 is 24.8 Å². The SMILES string of the molecule is CCn1c(=O)c(=O)[nH]c2nc(Nc3ccc(N4CCN(C)CC4)cc3OC)ncc21. The number of piperazine rings is 1. The second-order valence-electron chi connectivity index (χ2n) is 7.23. The third-order valence-electron chi connectivity index (χ3n) is 5.35. The minimum atomic E-state index is -0.705. The Labute approximate surface area is 173 Å². The summed E-state index contributed by atoms with van der Waals surface area (Å²) in [5, 5.41) is 3.14. The summed E-state index contributed by atoms with van der Waals surface area (Å²) in [5.74, 6) is 0.965. The Bertz CT molecular complexity index is 1180. The Balaban J connectivity index is 1.63. The summed E-state index contributed by atoms with van der Waals surface area (Å²) in [6, 6.07) is 5.95. The summed E-state index contributed by atoms with van der Waals surface area (Å²) >= 11 is 0. The predicted octanol–water partition coefficient (Wildman–Crippen LogP) is 1.00. The van der Waals surface area contributed by atoms with Crippen LogP contribution in [0.25, 0.3) is 11.2 Å². The number of rotatable bonds is 5. The number of hydrogen-bond acceptors (Lipinski definition) is 8. The number of methoxy groups -OCH3 is 1. The minimum absolute atomic E-state index is 0.296. The van der Waals surface area contributed by atoms with Crippen molar-refractivity contribution in [2.45, 2.75) is 13.5 Å². The first kappa shape index (κ1) is 19.9. The molecule has 0 bridgehead atoms. The molecule has 0 atom stereocenters. The van der Waals surface area contributed by atoms with Crippen molar-refractivity contribution in [3.8, 4) is 5.75 Å². The third kappa shape index (κ3) is 3.73. The number of aryl methyl sites for hydroxylation is 1. The zero-order valence-corrected chi connectivity index (χ0v) is 17.3. The maximum atomic E-state index is 12.0. The number of nitrogens with zero attached hydrogens (tertiary/aromatic N) is 5. The van der Waals surface area contributed by atoms with E-state index >= 15 is 0 Å². The van der Waals surface area contributed by atoms with Gasteiger partial charge >= 0.3 is 11.1 Å². The average molecular weight is 411 g/mol. The molecular formula is C20H25N7O3. The third-order valence-corrected chi connectivity index (χ3v) is 5.35. The van der Waals surface area contributed by atoms with Gasteiger partial charge in [0.1, 0.15) is 11.3 Å². The van der Waals surface area contributed by atoms with Crippen molar-refractivity contribution < 1.29 is 4.74 Å². The molecule has 1 saturated heterocycles. The van der Waals surface area contributed by atoms with E-state index in [-0.39, 0.29) is 0 Å². The second-order valence-corrected chi connectivity index (χ2v) is 7.23. The highest BCUT2D eigenvalue weighted by Crippen LogP contribution is 2.31. The largest absolute Gasteiger partial charge is 0.494 e. The molecule has 30 heavy (non-hydrogen) atoms. The number of ether oxygens (including phenoxy) is 1. The molecule has 1 fully saturated rings. The average Bonchev–Trinajstić information content (AvgIpc) is 2.75. The van der Waals surface area contributed by atoms with Crippen LogP contribution in [0.4, 0.5) is 17.3 Å². The quantitative estimate of drug-likeness (QED) is 0.599. The molecule has 3 heterocycles. The fourth-order valence-electron chi connectivity index (χ4n) is 3.60. The van der Waals surface area contributed by atoms with E-state index in [1.807, 2.05) is 18.2 Å². The van der Waals surface area contributed by atoms with Crippen LogP contribution in [0.15, 0.2) is 34.0 Å². The van der Waals surface area contributed by atoms with Crippen molar-refractivity contribution >= 4 is 28.5 Å². The molecule has 0 unspecified atom stereocenters. The molecule has 0 aliphatic carbocycles. The summed E-state index contributed by atoms with van der Waals surface area (Å²) in [5.41, 5.74) is 1.26. The minimum Gasteiger partial charge on any atom is -0.494 e. The van der Waals surface area contributed by atoms with Gasteiger partial charge in [-0.25, -0.2) is 4.98 Å². The van der Waals surface area contributed by atoms with Crippen LogP contribution in [0.3, 0.4) is 0 Å². The van der Waals surface area contributed by atoms with Gasteiger partial charge in [0.25, 0.3) is 0 Å². The maximum Gasteiger partial charge on any atom is 0.316 e. The zero-order chi connectivity index (χ0) is 21.3. The fraction of sp³-hybridized carbons (Fsp3) is 0.400. The molecule has 0 spiro atoms. The molecule has 2 N–H and O–H groups in total. The lowest BCUT2D eigenvalue weighted by atomic mass is 10.2. The number of nitrogens with one attached hydrogen (secondary N) is 2. The summed E-state index contributed by atoms with van der Waals surface area (Å²) in [6.45, 7) is 6.12. The lowest BCUT2D eigenvalue weighted by molar-refractivity contribution is 0.312. The molecule has 3 aromatic rings. The van der Waals surface area contributed by atoms with Crippen LogP contribution in [0.1, 0.15) is 6.92 Å². The Morgan fingerprint density at radius 3 is 2.67 bits per heavy atom. The van der Waals surface area contributed by atoms with Crippen molar-refractivity contribution in [2.75, 3.05) is 50.6 Å². The number of aromatic amines is 1. The topological polar surface area (TPSA) is 108 Å². The van der Waals surface area contributed by atoms with E-state index < -0.39 is 11.1 Å². The van der Waals surface area contributed by atoms with Crippen LogP contribution < -0.4 is 26.1 Å². The number of anilines is 3. The molecule has 158 valence electrons. The second kappa shape index (κ2) is 8.15. The molecule has 0 amide bonds. The van der Waals surface area contributed by atoms with Gasteiger partial charge in [-0.3, -0.25) is 14.2 Å². The van der Waals surface area contributed by atoms with Crippen molar-refractivity contribution in [2.24, 2.45) is 0 Å². The summed E-state index contributed by atoms with van der Waals surface area (Å²) in [4.78, 5) is 39.7. The smallest absolute Gasteiger partial charge is 0.316 e. The molecule has 2 aromatic heterocycles. The van der Waals surface area contributed by atoms with Crippen molar-refractivity contribution in [1.29, 1.82) is 0 Å². The van der Waals surface area contributed by atoms with Crippen molar-refractivity contribution in [1.82, 2.24) is 24.4 Å². The molecule has 10 nitrogen and oxygen atoms in total. The van der Waals surface area contributed by atoms with Gasteiger partial charge in [-0.05, 0) is 26.1 Å². The normalized spacial score (nSPS) is 14.8. The van der Waals surface area contributed by atoms with E-state index in [4.69, 9.17) is 4.74 Å². The van der Waals surface area contributed by atoms with Crippen molar-refractivity contribution in [3.63, 3.8) is 0 Å². The number of benzene rings is 1. The number of aromatic nitrogens is 4. The van der Waals surface area contributed by atoms with E-state index in [0.717, 1.165) is 31.9 Å². The summed E-state index contributed by atoms with van der Waals surface area (Å²) in [7, 11) is 3.74. The first-order chi connectivity index (χ1) is 14.5. The summed E-state index contributed by atoms with van der Waals surface area (Å²) in [6.07, 6.45) is 1.52. The number of fused-ring (bicyclic) bond motifs is 1. The van der Waals surface area contributed by atoms with Crippen LogP contribution in [0, 0.1) is 0 Å². The van der Waals surface area contributed by atoms with Crippen LogP contribution >= 0.6 is 0 Å². The lowest BCUT2D eigenvalue weighted by Crippen LogP contribution is -2.44. The van der Waals surface area contributed by atoms with Crippen LogP contribution in [-0.2, 0) is 6.54 Å². The predicted molar refractivity (Wildman–Crippen MR) is 116 cm³/mol. The molecule has 1 aliphatic rings. The first-order valence-electron chi connectivity index (χ1n) is 9.88. The molecule has 0 saturated carbocycles.